The SMILES string of the molecule is CCCCc1ccc2[nH]c(C)c(C[NH+]3CCOCC3)c(=O)c2c1. The fraction of sp³-hybridized carbons (Fsp3) is 0.526. The summed E-state index contributed by atoms with van der Waals surface area (Å²) in [5.74, 6) is 0. The molecule has 1 aromatic heterocycles. The first kappa shape index (κ1) is 16.2. The lowest BCUT2D eigenvalue weighted by atomic mass is 10.0. The molecule has 124 valence electrons. The molecule has 0 saturated carbocycles. The summed E-state index contributed by atoms with van der Waals surface area (Å²) in [6.07, 6.45) is 3.39. The topological polar surface area (TPSA) is 46.5 Å². The van der Waals surface area contributed by atoms with Crippen molar-refractivity contribution in [2.75, 3.05) is 26.3 Å². The van der Waals surface area contributed by atoms with Crippen molar-refractivity contribution in [2.24, 2.45) is 0 Å². The summed E-state index contributed by atoms with van der Waals surface area (Å²) >= 11 is 0. The van der Waals surface area contributed by atoms with Gasteiger partial charge in [-0.15, -0.1) is 0 Å². The Morgan fingerprint density at radius 2 is 2.04 bits per heavy atom. The number of unbranched alkanes of at least 4 members (excludes halogenated alkanes) is 1. The minimum absolute atomic E-state index is 0.202. The van der Waals surface area contributed by atoms with Gasteiger partial charge in [-0.1, -0.05) is 19.4 Å². The summed E-state index contributed by atoms with van der Waals surface area (Å²) in [6, 6.07) is 6.28. The maximum Gasteiger partial charge on any atom is 0.198 e. The number of aryl methyl sites for hydroxylation is 2. The van der Waals surface area contributed by atoms with Crippen LogP contribution in [0.1, 0.15) is 36.6 Å². The van der Waals surface area contributed by atoms with E-state index in [1.54, 1.807) is 0 Å². The van der Waals surface area contributed by atoms with Crippen LogP contribution in [0.25, 0.3) is 10.9 Å². The molecule has 23 heavy (non-hydrogen) atoms. The third kappa shape index (κ3) is 3.65. The Morgan fingerprint density at radius 3 is 2.78 bits per heavy atom. The van der Waals surface area contributed by atoms with Crippen LogP contribution in [0.3, 0.4) is 0 Å². The van der Waals surface area contributed by atoms with Crippen LogP contribution in [-0.4, -0.2) is 31.3 Å². The van der Waals surface area contributed by atoms with Crippen molar-refractivity contribution in [1.29, 1.82) is 0 Å². The molecular weight excluding hydrogens is 288 g/mol. The third-order valence-electron chi connectivity index (χ3n) is 4.82. The zero-order valence-electron chi connectivity index (χ0n) is 14.2. The van der Waals surface area contributed by atoms with E-state index in [4.69, 9.17) is 4.74 Å². The molecule has 0 spiro atoms. The molecule has 1 saturated heterocycles. The molecule has 4 heteroatoms. The number of morpholine rings is 1. The Labute approximate surface area is 137 Å². The molecule has 4 nitrogen and oxygen atoms in total. The summed E-state index contributed by atoms with van der Waals surface area (Å²) in [6.45, 7) is 8.55. The van der Waals surface area contributed by atoms with E-state index in [9.17, 15) is 4.79 Å². The Bertz CT molecular complexity index is 730. The van der Waals surface area contributed by atoms with Gasteiger partial charge in [0, 0.05) is 16.6 Å². The average Bonchev–Trinajstić information content (AvgIpc) is 2.58. The van der Waals surface area contributed by atoms with Gasteiger partial charge >= 0.3 is 0 Å². The van der Waals surface area contributed by atoms with Crippen LogP contribution >= 0.6 is 0 Å². The lowest BCUT2D eigenvalue weighted by Gasteiger charge is -2.24. The summed E-state index contributed by atoms with van der Waals surface area (Å²) in [4.78, 5) is 17.8. The number of aromatic amines is 1. The standard InChI is InChI=1S/C19H26N2O2/c1-3-4-5-15-6-7-18-16(12-15)19(22)17(14(2)20-18)13-21-8-10-23-11-9-21/h6-7,12H,3-5,8-11,13H2,1-2H3,(H,20,22)/p+1. The summed E-state index contributed by atoms with van der Waals surface area (Å²) in [5, 5.41) is 0.840. The van der Waals surface area contributed by atoms with E-state index in [0.717, 1.165) is 61.4 Å². The molecule has 0 bridgehead atoms. The van der Waals surface area contributed by atoms with E-state index in [-0.39, 0.29) is 5.43 Å². The number of quaternary nitrogens is 1. The van der Waals surface area contributed by atoms with Gasteiger partial charge in [-0.2, -0.15) is 0 Å². The molecule has 0 unspecified atom stereocenters. The number of nitrogens with one attached hydrogen (secondary N) is 2. The van der Waals surface area contributed by atoms with Crippen LogP contribution in [0.15, 0.2) is 23.0 Å². The first-order chi connectivity index (χ1) is 11.2. The normalized spacial score (nSPS) is 16.1. The highest BCUT2D eigenvalue weighted by Crippen LogP contribution is 2.15. The molecular formula is C19H27N2O2+. The van der Waals surface area contributed by atoms with Crippen molar-refractivity contribution in [1.82, 2.24) is 4.98 Å². The van der Waals surface area contributed by atoms with Crippen LogP contribution < -0.4 is 10.3 Å². The number of fused-ring (bicyclic) bond motifs is 1. The molecule has 2 heterocycles. The molecule has 2 aromatic rings. The van der Waals surface area contributed by atoms with E-state index in [1.807, 2.05) is 6.92 Å². The van der Waals surface area contributed by atoms with Gasteiger partial charge in [0.15, 0.2) is 5.43 Å². The second-order valence-electron chi connectivity index (χ2n) is 6.58. The third-order valence-corrected chi connectivity index (χ3v) is 4.82. The molecule has 1 aliphatic heterocycles. The first-order valence-corrected chi connectivity index (χ1v) is 8.74. The second kappa shape index (κ2) is 7.28. The molecule has 1 aliphatic rings. The van der Waals surface area contributed by atoms with E-state index in [1.165, 1.54) is 23.3 Å². The molecule has 0 radical (unpaired) electrons. The average molecular weight is 315 g/mol. The van der Waals surface area contributed by atoms with Gasteiger partial charge in [0.1, 0.15) is 19.6 Å². The molecule has 3 rings (SSSR count). The Kier molecular flexibility index (Phi) is 5.13. The van der Waals surface area contributed by atoms with Gasteiger partial charge in [0.2, 0.25) is 0 Å². The van der Waals surface area contributed by atoms with Crippen molar-refractivity contribution in [2.45, 2.75) is 39.7 Å². The maximum absolute atomic E-state index is 13.0. The fourth-order valence-corrected chi connectivity index (χ4v) is 3.33. The lowest BCUT2D eigenvalue weighted by molar-refractivity contribution is -0.921. The van der Waals surface area contributed by atoms with Gasteiger partial charge in [-0.3, -0.25) is 4.79 Å². The highest BCUT2D eigenvalue weighted by atomic mass is 16.5. The Hall–Kier alpha value is -1.65. The van der Waals surface area contributed by atoms with E-state index in [2.05, 4.69) is 30.1 Å². The molecule has 0 atom stereocenters. The van der Waals surface area contributed by atoms with Crippen molar-refractivity contribution in [3.63, 3.8) is 0 Å². The number of hydrogen-bond donors (Lipinski definition) is 2. The van der Waals surface area contributed by atoms with Gasteiger partial charge < -0.3 is 14.6 Å². The largest absolute Gasteiger partial charge is 0.370 e. The highest BCUT2D eigenvalue weighted by molar-refractivity contribution is 5.80. The molecule has 1 aromatic carbocycles. The van der Waals surface area contributed by atoms with Crippen molar-refractivity contribution >= 4 is 10.9 Å². The molecule has 1 fully saturated rings. The van der Waals surface area contributed by atoms with Gasteiger partial charge in [-0.25, -0.2) is 0 Å². The van der Waals surface area contributed by atoms with Crippen LogP contribution in [0, 0.1) is 6.92 Å². The van der Waals surface area contributed by atoms with Crippen LogP contribution in [0.5, 0.6) is 0 Å². The zero-order chi connectivity index (χ0) is 16.2. The Morgan fingerprint density at radius 1 is 1.26 bits per heavy atom. The van der Waals surface area contributed by atoms with Crippen molar-refractivity contribution < 1.29 is 9.64 Å². The summed E-state index contributed by atoms with van der Waals surface area (Å²) < 4.78 is 5.41. The molecule has 0 amide bonds. The fourth-order valence-electron chi connectivity index (χ4n) is 3.33. The maximum atomic E-state index is 13.0. The van der Waals surface area contributed by atoms with E-state index >= 15 is 0 Å². The quantitative estimate of drug-likeness (QED) is 0.880. The number of H-pyrrole nitrogens is 1. The van der Waals surface area contributed by atoms with E-state index in [0.29, 0.717) is 0 Å². The number of aromatic nitrogens is 1. The highest BCUT2D eigenvalue weighted by Gasteiger charge is 2.19. The summed E-state index contributed by atoms with van der Waals surface area (Å²) in [7, 11) is 0. The monoisotopic (exact) mass is 315 g/mol. The number of ether oxygens (including phenoxy) is 1. The number of hydrogen-bond acceptors (Lipinski definition) is 2. The molecule has 2 N–H and O–H groups in total. The predicted octanol–water partition coefficient (Wildman–Crippen LogP) is 1.59. The van der Waals surface area contributed by atoms with Crippen LogP contribution in [-0.2, 0) is 17.7 Å². The molecule has 0 aliphatic carbocycles. The summed E-state index contributed by atoms with van der Waals surface area (Å²) in [5.41, 5.74) is 4.35. The van der Waals surface area contributed by atoms with E-state index < -0.39 is 0 Å². The minimum atomic E-state index is 0.202. The first-order valence-electron chi connectivity index (χ1n) is 8.74. The smallest absolute Gasteiger partial charge is 0.198 e. The predicted molar refractivity (Wildman–Crippen MR) is 93.1 cm³/mol. The number of pyridine rings is 1. The lowest BCUT2D eigenvalue weighted by Crippen LogP contribution is -3.13. The van der Waals surface area contributed by atoms with Crippen molar-refractivity contribution in [3.05, 3.63) is 45.2 Å². The van der Waals surface area contributed by atoms with Gasteiger partial charge in [0.25, 0.3) is 0 Å². The minimum Gasteiger partial charge on any atom is -0.370 e. The Balaban J connectivity index is 1.95. The van der Waals surface area contributed by atoms with Crippen LogP contribution in [0.2, 0.25) is 0 Å². The van der Waals surface area contributed by atoms with Crippen molar-refractivity contribution in [3.8, 4) is 0 Å². The number of benzene rings is 1. The van der Waals surface area contributed by atoms with Crippen LogP contribution in [0.4, 0.5) is 0 Å². The van der Waals surface area contributed by atoms with Gasteiger partial charge in [-0.05, 0) is 37.5 Å². The zero-order valence-corrected chi connectivity index (χ0v) is 14.2. The van der Waals surface area contributed by atoms with Gasteiger partial charge in [0.05, 0.1) is 18.8 Å². The second-order valence-corrected chi connectivity index (χ2v) is 6.58. The number of rotatable bonds is 5.